The molecule has 0 aliphatic carbocycles. The molecule has 6 heteroatoms. The molecule has 26 heavy (non-hydrogen) atoms. The van der Waals surface area contributed by atoms with E-state index in [9.17, 15) is 0 Å². The Bertz CT molecular complexity index is 1010. The number of fused-ring (bicyclic) bond motifs is 1. The number of benzene rings is 1. The van der Waals surface area contributed by atoms with Gasteiger partial charge in [-0.1, -0.05) is 12.1 Å². The van der Waals surface area contributed by atoms with Crippen LogP contribution in [0.4, 0.5) is 5.82 Å². The Labute approximate surface area is 152 Å². The number of aryl methyl sites for hydroxylation is 1. The van der Waals surface area contributed by atoms with E-state index in [0.717, 1.165) is 47.0 Å². The molecule has 132 valence electrons. The van der Waals surface area contributed by atoms with Gasteiger partial charge in [0.1, 0.15) is 11.6 Å². The van der Waals surface area contributed by atoms with Gasteiger partial charge in [-0.3, -0.25) is 4.68 Å². The first-order chi connectivity index (χ1) is 12.8. The third kappa shape index (κ3) is 3.06. The summed E-state index contributed by atoms with van der Waals surface area (Å²) in [5, 5.41) is 7.85. The predicted octanol–water partition coefficient (Wildman–Crippen LogP) is 3.79. The first kappa shape index (κ1) is 16.3. The Balaban J connectivity index is 1.78. The standard InChI is InChI=1S/C20H22N6/c1-3-21-19-10-9-15(13-22-19)20-23-17-7-5-6-8-18(17)26(20)14-16-11-12-25(4-2)24-16/h5-13H,3-4,14H2,1-2H3,(H,21,22). The maximum absolute atomic E-state index is 4.85. The van der Waals surface area contributed by atoms with Crippen LogP contribution in [-0.2, 0) is 13.1 Å². The Morgan fingerprint density at radius 2 is 1.92 bits per heavy atom. The summed E-state index contributed by atoms with van der Waals surface area (Å²) in [6.45, 7) is 6.55. The summed E-state index contributed by atoms with van der Waals surface area (Å²) < 4.78 is 4.16. The van der Waals surface area contributed by atoms with E-state index in [2.05, 4.69) is 52.0 Å². The minimum absolute atomic E-state index is 0.678. The van der Waals surface area contributed by atoms with Crippen LogP contribution in [0.1, 0.15) is 19.5 Å². The molecular weight excluding hydrogens is 324 g/mol. The van der Waals surface area contributed by atoms with Crippen molar-refractivity contribution in [3.05, 3.63) is 60.6 Å². The highest BCUT2D eigenvalue weighted by Gasteiger charge is 2.14. The fraction of sp³-hybridized carbons (Fsp3) is 0.250. The van der Waals surface area contributed by atoms with Gasteiger partial charge in [-0.15, -0.1) is 0 Å². The van der Waals surface area contributed by atoms with Crippen molar-refractivity contribution in [1.29, 1.82) is 0 Å². The van der Waals surface area contributed by atoms with E-state index in [4.69, 9.17) is 4.98 Å². The van der Waals surface area contributed by atoms with Crippen LogP contribution in [0.15, 0.2) is 54.9 Å². The molecule has 0 saturated carbocycles. The zero-order valence-corrected chi connectivity index (χ0v) is 15.1. The number of nitrogens with zero attached hydrogens (tertiary/aromatic N) is 5. The van der Waals surface area contributed by atoms with Crippen LogP contribution in [0.3, 0.4) is 0 Å². The minimum Gasteiger partial charge on any atom is -0.370 e. The van der Waals surface area contributed by atoms with Crippen molar-refractivity contribution >= 4 is 16.9 Å². The zero-order chi connectivity index (χ0) is 17.9. The number of nitrogens with one attached hydrogen (secondary N) is 1. The number of para-hydroxylation sites is 2. The first-order valence-corrected chi connectivity index (χ1v) is 8.96. The number of anilines is 1. The van der Waals surface area contributed by atoms with Crippen molar-refractivity contribution < 1.29 is 0 Å². The molecule has 0 bridgehead atoms. The summed E-state index contributed by atoms with van der Waals surface area (Å²) in [4.78, 5) is 9.35. The van der Waals surface area contributed by atoms with E-state index in [-0.39, 0.29) is 0 Å². The van der Waals surface area contributed by atoms with Crippen molar-refractivity contribution in [3.8, 4) is 11.4 Å². The molecule has 6 nitrogen and oxygen atoms in total. The number of rotatable bonds is 6. The zero-order valence-electron chi connectivity index (χ0n) is 15.1. The third-order valence-corrected chi connectivity index (χ3v) is 4.37. The van der Waals surface area contributed by atoms with Crippen LogP contribution in [-0.4, -0.2) is 30.9 Å². The van der Waals surface area contributed by atoms with Gasteiger partial charge in [-0.05, 0) is 44.2 Å². The van der Waals surface area contributed by atoms with Crippen molar-refractivity contribution in [2.24, 2.45) is 0 Å². The van der Waals surface area contributed by atoms with Gasteiger partial charge in [0, 0.05) is 31.0 Å². The average molecular weight is 346 g/mol. The highest BCUT2D eigenvalue weighted by molar-refractivity contribution is 5.80. The Morgan fingerprint density at radius 1 is 1.04 bits per heavy atom. The van der Waals surface area contributed by atoms with Gasteiger partial charge in [0.15, 0.2) is 0 Å². The van der Waals surface area contributed by atoms with E-state index in [1.165, 1.54) is 0 Å². The normalized spacial score (nSPS) is 11.2. The fourth-order valence-electron chi connectivity index (χ4n) is 3.09. The number of pyridine rings is 1. The van der Waals surface area contributed by atoms with Crippen molar-refractivity contribution in [3.63, 3.8) is 0 Å². The fourth-order valence-corrected chi connectivity index (χ4v) is 3.09. The lowest BCUT2D eigenvalue weighted by Crippen LogP contribution is -2.05. The molecule has 1 aromatic carbocycles. The van der Waals surface area contributed by atoms with Gasteiger partial charge in [0.25, 0.3) is 0 Å². The van der Waals surface area contributed by atoms with Crippen LogP contribution in [0.5, 0.6) is 0 Å². The monoisotopic (exact) mass is 346 g/mol. The number of imidazole rings is 1. The molecule has 0 radical (unpaired) electrons. The molecule has 4 rings (SSSR count). The van der Waals surface area contributed by atoms with Crippen molar-refractivity contribution in [1.82, 2.24) is 24.3 Å². The smallest absolute Gasteiger partial charge is 0.143 e. The highest BCUT2D eigenvalue weighted by Crippen LogP contribution is 2.25. The second-order valence-electron chi connectivity index (χ2n) is 6.14. The summed E-state index contributed by atoms with van der Waals surface area (Å²) in [5.41, 5.74) is 4.10. The molecule has 3 aromatic heterocycles. The molecular formula is C20H22N6. The Hall–Kier alpha value is -3.15. The SMILES string of the molecule is CCNc1ccc(-c2nc3ccccc3n2Cc2ccn(CC)n2)cn1. The predicted molar refractivity (Wildman–Crippen MR) is 104 cm³/mol. The lowest BCUT2D eigenvalue weighted by Gasteiger charge is -2.09. The van der Waals surface area contributed by atoms with E-state index in [1.54, 1.807) is 0 Å². The summed E-state index contributed by atoms with van der Waals surface area (Å²) in [6, 6.07) is 14.3. The first-order valence-electron chi connectivity index (χ1n) is 8.96. The third-order valence-electron chi connectivity index (χ3n) is 4.37. The molecule has 0 aliphatic heterocycles. The second kappa shape index (κ2) is 7.00. The lowest BCUT2D eigenvalue weighted by atomic mass is 10.2. The second-order valence-corrected chi connectivity index (χ2v) is 6.14. The van der Waals surface area contributed by atoms with Crippen molar-refractivity contribution in [2.75, 3.05) is 11.9 Å². The molecule has 1 N–H and O–H groups in total. The highest BCUT2D eigenvalue weighted by atomic mass is 15.3. The van der Waals surface area contributed by atoms with Crippen LogP contribution < -0.4 is 5.32 Å². The molecule has 4 aromatic rings. The summed E-state index contributed by atoms with van der Waals surface area (Å²) in [7, 11) is 0. The quantitative estimate of drug-likeness (QED) is 0.577. The van der Waals surface area contributed by atoms with E-state index < -0.39 is 0 Å². The molecule has 0 fully saturated rings. The molecule has 0 atom stereocenters. The molecule has 0 aliphatic rings. The van der Waals surface area contributed by atoms with Crippen molar-refractivity contribution in [2.45, 2.75) is 26.9 Å². The lowest BCUT2D eigenvalue weighted by molar-refractivity contribution is 0.639. The van der Waals surface area contributed by atoms with Gasteiger partial charge in [-0.25, -0.2) is 9.97 Å². The molecule has 0 amide bonds. The largest absolute Gasteiger partial charge is 0.370 e. The summed E-state index contributed by atoms with van der Waals surface area (Å²) in [6.07, 6.45) is 3.89. The van der Waals surface area contributed by atoms with Gasteiger partial charge < -0.3 is 9.88 Å². The average Bonchev–Trinajstić information content (AvgIpc) is 3.28. The van der Waals surface area contributed by atoms with Gasteiger partial charge in [0.05, 0.1) is 23.3 Å². The Morgan fingerprint density at radius 3 is 2.65 bits per heavy atom. The molecule has 0 unspecified atom stereocenters. The van der Waals surface area contributed by atoms with E-state index in [1.807, 2.05) is 41.3 Å². The molecule has 0 spiro atoms. The Kier molecular flexibility index (Phi) is 4.39. The van der Waals surface area contributed by atoms with Crippen LogP contribution >= 0.6 is 0 Å². The summed E-state index contributed by atoms with van der Waals surface area (Å²) >= 11 is 0. The molecule has 3 heterocycles. The maximum atomic E-state index is 4.85. The van der Waals surface area contributed by atoms with Crippen LogP contribution in [0.25, 0.3) is 22.4 Å². The van der Waals surface area contributed by atoms with Gasteiger partial charge in [0.2, 0.25) is 0 Å². The number of hydrogen-bond acceptors (Lipinski definition) is 4. The minimum atomic E-state index is 0.678. The number of aromatic nitrogens is 5. The topological polar surface area (TPSA) is 60.6 Å². The van der Waals surface area contributed by atoms with Crippen LogP contribution in [0.2, 0.25) is 0 Å². The maximum Gasteiger partial charge on any atom is 0.143 e. The van der Waals surface area contributed by atoms with E-state index >= 15 is 0 Å². The van der Waals surface area contributed by atoms with Gasteiger partial charge >= 0.3 is 0 Å². The van der Waals surface area contributed by atoms with Crippen LogP contribution in [0, 0.1) is 0 Å². The van der Waals surface area contributed by atoms with Gasteiger partial charge in [-0.2, -0.15) is 5.10 Å². The summed E-state index contributed by atoms with van der Waals surface area (Å²) in [5.74, 6) is 1.79. The number of hydrogen-bond donors (Lipinski definition) is 1. The van der Waals surface area contributed by atoms with E-state index in [0.29, 0.717) is 6.54 Å². The molecule has 0 saturated heterocycles.